The molecule has 0 aliphatic heterocycles. The number of esters is 1. The van der Waals surface area contributed by atoms with Gasteiger partial charge in [-0.3, -0.25) is 9.59 Å². The molecular weight excluding hydrogens is 272 g/mol. The molecule has 0 radical (unpaired) electrons. The van der Waals surface area contributed by atoms with Crippen LogP contribution in [-0.4, -0.2) is 22.7 Å². The number of hydrogen-bond donors (Lipinski definition) is 0. The quantitative estimate of drug-likeness (QED) is 0.577. The van der Waals surface area contributed by atoms with Gasteiger partial charge in [-0.1, -0.05) is 15.9 Å². The molecule has 88 valence electrons. The number of carbonyl (C=O) groups is 2. The smallest absolute Gasteiger partial charge is 0.317 e. The fourth-order valence-corrected chi connectivity index (χ4v) is 4.18. The van der Waals surface area contributed by atoms with Gasteiger partial charge in [0.15, 0.2) is 0 Å². The van der Waals surface area contributed by atoms with Gasteiger partial charge in [0.05, 0.1) is 0 Å². The van der Waals surface area contributed by atoms with E-state index in [0.29, 0.717) is 11.7 Å². The van der Waals surface area contributed by atoms with Gasteiger partial charge < -0.3 is 4.74 Å². The van der Waals surface area contributed by atoms with Crippen LogP contribution < -0.4 is 0 Å². The van der Waals surface area contributed by atoms with E-state index in [-0.39, 0.29) is 28.7 Å². The Morgan fingerprint density at radius 1 is 1.31 bits per heavy atom. The lowest BCUT2D eigenvalue weighted by Gasteiger charge is -2.54. The van der Waals surface area contributed by atoms with Crippen molar-refractivity contribution in [2.24, 2.45) is 17.8 Å². The Morgan fingerprint density at radius 2 is 1.94 bits per heavy atom. The van der Waals surface area contributed by atoms with Crippen molar-refractivity contribution in [2.45, 2.75) is 37.7 Å². The van der Waals surface area contributed by atoms with Crippen molar-refractivity contribution < 1.29 is 14.3 Å². The maximum Gasteiger partial charge on any atom is 0.317 e. The summed E-state index contributed by atoms with van der Waals surface area (Å²) in [5, 5.41) is 0.253. The van der Waals surface area contributed by atoms with Gasteiger partial charge in [0.25, 0.3) is 0 Å². The van der Waals surface area contributed by atoms with Crippen molar-refractivity contribution in [1.82, 2.24) is 0 Å². The Kier molecular flexibility index (Phi) is 2.39. The largest absolute Gasteiger partial charge is 0.458 e. The molecule has 0 aromatic carbocycles. The molecule has 4 aliphatic rings. The van der Waals surface area contributed by atoms with Crippen molar-refractivity contribution in [3.05, 3.63) is 0 Å². The maximum absolute atomic E-state index is 11.9. The average molecular weight is 287 g/mol. The molecule has 16 heavy (non-hydrogen) atoms. The summed E-state index contributed by atoms with van der Waals surface area (Å²) in [6.07, 6.45) is 4.59. The molecule has 2 atom stereocenters. The van der Waals surface area contributed by atoms with Crippen LogP contribution in [-0.2, 0) is 14.3 Å². The first-order valence-corrected chi connectivity index (χ1v) is 7.05. The lowest BCUT2D eigenvalue weighted by molar-refractivity contribution is -0.187. The predicted molar refractivity (Wildman–Crippen MR) is 61.2 cm³/mol. The monoisotopic (exact) mass is 286 g/mol. The molecule has 4 heteroatoms. The number of hydrogen-bond acceptors (Lipinski definition) is 3. The lowest BCUT2D eigenvalue weighted by Crippen LogP contribution is -2.56. The van der Waals surface area contributed by atoms with Gasteiger partial charge in [-0.15, -0.1) is 0 Å². The summed E-state index contributed by atoms with van der Waals surface area (Å²) in [5.74, 6) is 1.21. The third-order valence-electron chi connectivity index (χ3n) is 4.38. The number of carbonyl (C=O) groups excluding carboxylic acids is 2. The van der Waals surface area contributed by atoms with Gasteiger partial charge in [-0.05, 0) is 38.0 Å². The molecule has 4 fully saturated rings. The van der Waals surface area contributed by atoms with E-state index in [1.54, 1.807) is 0 Å². The van der Waals surface area contributed by atoms with E-state index >= 15 is 0 Å². The van der Waals surface area contributed by atoms with Gasteiger partial charge in [-0.25, -0.2) is 0 Å². The maximum atomic E-state index is 11.9. The van der Waals surface area contributed by atoms with Crippen LogP contribution in [0.25, 0.3) is 0 Å². The van der Waals surface area contributed by atoms with E-state index in [9.17, 15) is 9.59 Å². The third-order valence-corrected chi connectivity index (χ3v) is 4.84. The molecule has 0 N–H and O–H groups in total. The van der Waals surface area contributed by atoms with E-state index in [4.69, 9.17) is 4.74 Å². The first kappa shape index (κ1) is 10.8. The van der Waals surface area contributed by atoms with Crippen molar-refractivity contribution in [1.29, 1.82) is 0 Å². The van der Waals surface area contributed by atoms with Crippen molar-refractivity contribution in [2.75, 3.05) is 5.33 Å². The van der Waals surface area contributed by atoms with Gasteiger partial charge in [0.2, 0.25) is 0 Å². The first-order chi connectivity index (χ1) is 7.62. The zero-order chi connectivity index (χ0) is 11.3. The minimum absolute atomic E-state index is 0.175. The van der Waals surface area contributed by atoms with E-state index in [2.05, 4.69) is 15.9 Å². The van der Waals surface area contributed by atoms with Crippen LogP contribution >= 0.6 is 15.9 Å². The number of ketones is 1. The molecule has 4 aliphatic carbocycles. The second-order valence-electron chi connectivity index (χ2n) is 5.54. The highest BCUT2D eigenvalue weighted by Crippen LogP contribution is 2.55. The van der Waals surface area contributed by atoms with Gasteiger partial charge in [-0.2, -0.15) is 0 Å². The van der Waals surface area contributed by atoms with Crippen molar-refractivity contribution in [3.63, 3.8) is 0 Å². The Morgan fingerprint density at radius 3 is 2.50 bits per heavy atom. The molecule has 0 amide bonds. The Balaban J connectivity index is 1.83. The van der Waals surface area contributed by atoms with Gasteiger partial charge >= 0.3 is 5.97 Å². The van der Waals surface area contributed by atoms with Crippen LogP contribution in [0.4, 0.5) is 0 Å². The molecule has 0 aromatic rings. The summed E-state index contributed by atoms with van der Waals surface area (Å²) < 4.78 is 5.61. The van der Waals surface area contributed by atoms with Crippen LogP contribution in [0.5, 0.6) is 0 Å². The number of halogens is 1. The summed E-state index contributed by atoms with van der Waals surface area (Å²) >= 11 is 3.12. The molecule has 2 unspecified atom stereocenters. The van der Waals surface area contributed by atoms with Crippen LogP contribution in [0.2, 0.25) is 0 Å². The lowest BCUT2D eigenvalue weighted by atomic mass is 9.53. The zero-order valence-electron chi connectivity index (χ0n) is 9.08. The second-order valence-corrected chi connectivity index (χ2v) is 6.10. The topological polar surface area (TPSA) is 43.4 Å². The highest BCUT2D eigenvalue weighted by Gasteiger charge is 2.56. The van der Waals surface area contributed by atoms with Gasteiger partial charge in [0.1, 0.15) is 16.7 Å². The van der Waals surface area contributed by atoms with Gasteiger partial charge in [0, 0.05) is 11.8 Å². The molecule has 0 aromatic heterocycles. The van der Waals surface area contributed by atoms with E-state index in [0.717, 1.165) is 32.1 Å². The number of rotatable bonds is 2. The zero-order valence-corrected chi connectivity index (χ0v) is 10.7. The van der Waals surface area contributed by atoms with E-state index in [1.165, 1.54) is 0 Å². The highest BCUT2D eigenvalue weighted by molar-refractivity contribution is 9.09. The van der Waals surface area contributed by atoms with Crippen molar-refractivity contribution in [3.8, 4) is 0 Å². The number of ether oxygens (including phenoxy) is 1. The molecule has 4 saturated carbocycles. The molecule has 4 rings (SSSR count). The Hall–Kier alpha value is -0.380. The third kappa shape index (κ3) is 1.53. The molecule has 4 bridgehead atoms. The summed E-state index contributed by atoms with van der Waals surface area (Å²) in [6, 6.07) is 0. The summed E-state index contributed by atoms with van der Waals surface area (Å²) in [6.45, 7) is 0. The average Bonchev–Trinajstić information content (AvgIpc) is 2.24. The fraction of sp³-hybridized carbons (Fsp3) is 0.833. The van der Waals surface area contributed by atoms with Crippen LogP contribution in [0.1, 0.15) is 32.1 Å². The standard InChI is InChI=1S/C12H15BrO3/c13-6-10(14)16-12-3-7-1-8(4-12)11(15)9(2-7)5-12/h7-9H,1-6H2. The SMILES string of the molecule is O=C(CBr)OC12CC3CC(C1)C(=O)C(C3)C2. The summed E-state index contributed by atoms with van der Waals surface area (Å²) in [4.78, 5) is 23.3. The normalized spacial score (nSPS) is 44.8. The second kappa shape index (κ2) is 3.56. The van der Waals surface area contributed by atoms with Crippen LogP contribution in [0, 0.1) is 17.8 Å². The predicted octanol–water partition coefficient (Wildman–Crippen LogP) is 2.07. The number of alkyl halides is 1. The Labute approximate surface area is 103 Å². The molecule has 0 heterocycles. The van der Waals surface area contributed by atoms with E-state index in [1.807, 2.05) is 0 Å². The summed E-state index contributed by atoms with van der Waals surface area (Å²) in [7, 11) is 0. The first-order valence-electron chi connectivity index (χ1n) is 5.93. The van der Waals surface area contributed by atoms with Crippen LogP contribution in [0.3, 0.4) is 0 Å². The fourth-order valence-electron chi connectivity index (χ4n) is 4.07. The van der Waals surface area contributed by atoms with Crippen molar-refractivity contribution >= 4 is 27.7 Å². The minimum Gasteiger partial charge on any atom is -0.458 e. The summed E-state index contributed by atoms with van der Waals surface area (Å²) in [5.41, 5.74) is -0.296. The molecule has 3 nitrogen and oxygen atoms in total. The molecular formula is C12H15BrO3. The van der Waals surface area contributed by atoms with Crippen LogP contribution in [0.15, 0.2) is 0 Å². The Bertz CT molecular complexity index is 334. The molecule has 0 saturated heterocycles. The highest BCUT2D eigenvalue weighted by atomic mass is 79.9. The minimum atomic E-state index is -0.296. The van der Waals surface area contributed by atoms with E-state index < -0.39 is 0 Å². The number of Topliss-reactive ketones (excluding diaryl/α,β-unsaturated/α-hetero) is 1. The molecule has 0 spiro atoms.